The van der Waals surface area contributed by atoms with Crippen molar-refractivity contribution < 1.29 is 4.52 Å². The number of fused-ring (bicyclic) bond motifs is 1. The van der Waals surface area contributed by atoms with Crippen LogP contribution in [0.1, 0.15) is 24.4 Å². The van der Waals surface area contributed by atoms with Crippen LogP contribution in [0.4, 0.5) is 0 Å². The van der Waals surface area contributed by atoms with Crippen molar-refractivity contribution in [2.45, 2.75) is 31.5 Å². The number of nitrogens with one attached hydrogen (secondary N) is 1. The molecule has 0 radical (unpaired) electrons. The second-order valence-electron chi connectivity index (χ2n) is 9.77. The summed E-state index contributed by atoms with van der Waals surface area (Å²) in [6, 6.07) is 11.6. The zero-order valence-electron chi connectivity index (χ0n) is 19.9. The van der Waals surface area contributed by atoms with Crippen molar-refractivity contribution in [3.8, 4) is 22.5 Å². The number of aromatic nitrogens is 7. The fourth-order valence-corrected chi connectivity index (χ4v) is 5.49. The van der Waals surface area contributed by atoms with Gasteiger partial charge in [0.25, 0.3) is 0 Å². The average Bonchev–Trinajstić information content (AvgIpc) is 3.66. The molecule has 182 valence electrons. The lowest BCUT2D eigenvalue weighted by atomic mass is 9.97. The van der Waals surface area contributed by atoms with E-state index in [1.54, 1.807) is 12.6 Å². The Labute approximate surface area is 207 Å². The molecule has 1 N–H and O–H groups in total. The van der Waals surface area contributed by atoms with Crippen LogP contribution < -0.4 is 0 Å². The van der Waals surface area contributed by atoms with Crippen LogP contribution in [0.15, 0.2) is 66.0 Å². The minimum absolute atomic E-state index is 0.429. The molecule has 4 aromatic heterocycles. The van der Waals surface area contributed by atoms with E-state index >= 15 is 0 Å². The van der Waals surface area contributed by atoms with Gasteiger partial charge in [0.05, 0.1) is 17.9 Å². The molecule has 10 nitrogen and oxygen atoms in total. The smallest absolute Gasteiger partial charge is 0.152 e. The van der Waals surface area contributed by atoms with Crippen molar-refractivity contribution in [2.24, 2.45) is 0 Å². The van der Waals surface area contributed by atoms with E-state index in [1.165, 1.54) is 18.4 Å². The average molecular weight is 482 g/mol. The summed E-state index contributed by atoms with van der Waals surface area (Å²) in [7, 11) is 0. The molecule has 10 heteroatoms. The van der Waals surface area contributed by atoms with Crippen LogP contribution in [0.5, 0.6) is 0 Å². The number of hydrogen-bond acceptors (Lipinski definition) is 8. The van der Waals surface area contributed by atoms with Crippen molar-refractivity contribution in [3.63, 3.8) is 0 Å². The van der Waals surface area contributed by atoms with Gasteiger partial charge in [-0.2, -0.15) is 5.10 Å². The summed E-state index contributed by atoms with van der Waals surface area (Å²) in [6.45, 7) is 5.38. The first kappa shape index (κ1) is 21.4. The molecule has 0 aliphatic carbocycles. The summed E-state index contributed by atoms with van der Waals surface area (Å²) in [6.07, 6.45) is 11.6. The zero-order chi connectivity index (χ0) is 23.9. The monoisotopic (exact) mass is 481 g/mol. The largest absolute Gasteiger partial charge is 0.346 e. The van der Waals surface area contributed by atoms with Crippen LogP contribution in [-0.2, 0) is 6.54 Å². The highest BCUT2D eigenvalue weighted by molar-refractivity contribution is 5.89. The molecule has 2 aliphatic rings. The molecule has 0 saturated carbocycles. The maximum Gasteiger partial charge on any atom is 0.152 e. The summed E-state index contributed by atoms with van der Waals surface area (Å²) in [5.41, 5.74) is 5.96. The fourth-order valence-electron chi connectivity index (χ4n) is 5.49. The molecule has 7 rings (SSSR count). The standard InChI is InChI=1S/C26H27N9O/c1-3-19(24-16-36-32-31-24)4-2-18(1)12-33-9-6-21(7-10-33)34-14-22(15-34)35-13-20(11-30-35)25-23-5-8-27-26(23)29-17-28-25/h1-5,8,11,13,16-17,21-22H,6-7,9-10,12,14-15H2,(H,27,28,29). The minimum atomic E-state index is 0.429. The Morgan fingerprint density at radius 3 is 2.64 bits per heavy atom. The Morgan fingerprint density at radius 2 is 1.83 bits per heavy atom. The van der Waals surface area contributed by atoms with Crippen LogP contribution >= 0.6 is 0 Å². The highest BCUT2D eigenvalue weighted by Crippen LogP contribution is 2.30. The first-order valence-corrected chi connectivity index (χ1v) is 12.5. The summed E-state index contributed by atoms with van der Waals surface area (Å²) in [5, 5.41) is 13.2. The van der Waals surface area contributed by atoms with Gasteiger partial charge in [-0.1, -0.05) is 24.3 Å². The van der Waals surface area contributed by atoms with Crippen LogP contribution in [0.2, 0.25) is 0 Å². The molecule has 0 spiro atoms. The van der Waals surface area contributed by atoms with Gasteiger partial charge >= 0.3 is 0 Å². The Morgan fingerprint density at radius 1 is 0.972 bits per heavy atom. The number of hydrogen-bond donors (Lipinski definition) is 1. The molecule has 2 fully saturated rings. The van der Waals surface area contributed by atoms with E-state index in [9.17, 15) is 0 Å². The third-order valence-corrected chi connectivity index (χ3v) is 7.58. The van der Waals surface area contributed by atoms with Crippen LogP contribution in [0.25, 0.3) is 33.5 Å². The van der Waals surface area contributed by atoms with Gasteiger partial charge < -0.3 is 9.51 Å². The predicted octanol–water partition coefficient (Wildman–Crippen LogP) is 3.39. The van der Waals surface area contributed by atoms with Crippen molar-refractivity contribution in [3.05, 3.63) is 67.1 Å². The number of rotatable bonds is 6. The number of likely N-dealkylation sites (tertiary alicyclic amines) is 2. The first-order chi connectivity index (χ1) is 17.8. The zero-order valence-corrected chi connectivity index (χ0v) is 19.9. The van der Waals surface area contributed by atoms with E-state index in [1.807, 2.05) is 18.5 Å². The van der Waals surface area contributed by atoms with E-state index in [4.69, 9.17) is 4.52 Å². The summed E-state index contributed by atoms with van der Waals surface area (Å²) in [5.74, 6) is 0. The number of aromatic amines is 1. The van der Waals surface area contributed by atoms with Gasteiger partial charge in [0.2, 0.25) is 0 Å². The molecule has 0 unspecified atom stereocenters. The lowest BCUT2D eigenvalue weighted by molar-refractivity contribution is 0.0191. The van der Waals surface area contributed by atoms with Gasteiger partial charge in [-0.3, -0.25) is 14.5 Å². The molecule has 36 heavy (non-hydrogen) atoms. The first-order valence-electron chi connectivity index (χ1n) is 12.5. The van der Waals surface area contributed by atoms with E-state index in [0.717, 1.165) is 66.3 Å². The third-order valence-electron chi connectivity index (χ3n) is 7.58. The minimum Gasteiger partial charge on any atom is -0.346 e. The predicted molar refractivity (Wildman–Crippen MR) is 134 cm³/mol. The van der Waals surface area contributed by atoms with Gasteiger partial charge in [-0.25, -0.2) is 9.97 Å². The molecular formula is C26H27N9O. The Kier molecular flexibility index (Phi) is 5.32. The molecule has 1 aromatic carbocycles. The third kappa shape index (κ3) is 3.98. The Hall–Kier alpha value is -3.89. The lowest BCUT2D eigenvalue weighted by Gasteiger charge is -2.47. The van der Waals surface area contributed by atoms with E-state index in [0.29, 0.717) is 12.1 Å². The van der Waals surface area contributed by atoms with Gasteiger partial charge in [-0.15, -0.1) is 5.10 Å². The van der Waals surface area contributed by atoms with Crippen LogP contribution in [0, 0.1) is 0 Å². The second-order valence-corrected chi connectivity index (χ2v) is 9.77. The van der Waals surface area contributed by atoms with Gasteiger partial charge in [0.15, 0.2) is 6.26 Å². The maximum absolute atomic E-state index is 4.84. The number of H-pyrrole nitrogens is 1. The molecular weight excluding hydrogens is 454 g/mol. The molecule has 6 heterocycles. The van der Waals surface area contributed by atoms with Crippen molar-refractivity contribution in [1.82, 2.24) is 44.9 Å². The number of nitrogens with zero attached hydrogens (tertiary/aromatic N) is 8. The quantitative estimate of drug-likeness (QED) is 0.394. The molecule has 2 saturated heterocycles. The van der Waals surface area contributed by atoms with E-state index in [-0.39, 0.29) is 0 Å². The maximum atomic E-state index is 4.84. The molecule has 5 aromatic rings. The van der Waals surface area contributed by atoms with Crippen molar-refractivity contribution in [1.29, 1.82) is 0 Å². The number of piperidine rings is 1. The summed E-state index contributed by atoms with van der Waals surface area (Å²) < 4.78 is 6.95. The fraction of sp³-hybridized carbons (Fsp3) is 0.346. The van der Waals surface area contributed by atoms with Gasteiger partial charge in [0, 0.05) is 59.9 Å². The van der Waals surface area contributed by atoms with Crippen LogP contribution in [0.3, 0.4) is 0 Å². The summed E-state index contributed by atoms with van der Waals surface area (Å²) >= 11 is 0. The van der Waals surface area contributed by atoms with Crippen molar-refractivity contribution >= 4 is 11.0 Å². The summed E-state index contributed by atoms with van der Waals surface area (Å²) in [4.78, 5) is 17.1. The van der Waals surface area contributed by atoms with Crippen LogP contribution in [-0.4, -0.2) is 77.1 Å². The van der Waals surface area contributed by atoms with E-state index < -0.39 is 0 Å². The molecule has 0 bridgehead atoms. The molecule has 0 amide bonds. The normalized spacial score (nSPS) is 18.1. The van der Waals surface area contributed by atoms with Crippen molar-refractivity contribution in [2.75, 3.05) is 26.2 Å². The molecule has 2 aliphatic heterocycles. The number of benzene rings is 1. The molecule has 0 atom stereocenters. The van der Waals surface area contributed by atoms with E-state index in [2.05, 4.69) is 75.4 Å². The Balaban J connectivity index is 0.913. The highest BCUT2D eigenvalue weighted by atomic mass is 16.5. The lowest BCUT2D eigenvalue weighted by Crippen LogP contribution is -2.55. The topological polar surface area (TPSA) is 105 Å². The van der Waals surface area contributed by atoms with Gasteiger partial charge in [-0.05, 0) is 37.6 Å². The van der Waals surface area contributed by atoms with Gasteiger partial charge in [0.1, 0.15) is 17.7 Å². The Bertz CT molecular complexity index is 1440. The SMILES string of the molecule is c1nc(-c2cnn(C3CN(C4CCN(Cc5ccc(-c6conn6)cc5)CC4)C3)c2)c2cc[nH]c2n1. The highest BCUT2D eigenvalue weighted by Gasteiger charge is 2.35. The second kappa shape index (κ2) is 8.96.